The summed E-state index contributed by atoms with van der Waals surface area (Å²) in [7, 11) is 0. The highest BCUT2D eigenvalue weighted by atomic mass is 19.4. The summed E-state index contributed by atoms with van der Waals surface area (Å²) < 4.78 is 34.5. The van der Waals surface area contributed by atoms with Crippen molar-refractivity contribution in [2.75, 3.05) is 0 Å². The van der Waals surface area contributed by atoms with Gasteiger partial charge in [-0.15, -0.1) is 0 Å². The Kier molecular flexibility index (Phi) is 4.55. The molecule has 3 N–H and O–H groups in total. The average Bonchev–Trinajstić information content (AvgIpc) is 2.09. The maximum absolute atomic E-state index is 11.5. The predicted octanol–water partition coefficient (Wildman–Crippen LogP) is -0.611. The van der Waals surface area contributed by atoms with Gasteiger partial charge in [0.25, 0.3) is 5.91 Å². The fourth-order valence-corrected chi connectivity index (χ4v) is 0.449. The van der Waals surface area contributed by atoms with Crippen molar-refractivity contribution < 1.29 is 32.4 Å². The van der Waals surface area contributed by atoms with Gasteiger partial charge in [0.1, 0.15) is 0 Å². The zero-order valence-corrected chi connectivity index (χ0v) is 7.26. The van der Waals surface area contributed by atoms with E-state index in [1.807, 2.05) is 0 Å². The van der Waals surface area contributed by atoms with Gasteiger partial charge in [0.05, 0.1) is 0 Å². The number of alkyl halides is 3. The highest BCUT2D eigenvalue weighted by molar-refractivity contribution is 5.83. The van der Waals surface area contributed by atoms with Crippen LogP contribution in [0.4, 0.5) is 13.2 Å². The summed E-state index contributed by atoms with van der Waals surface area (Å²) in [5.74, 6) is -4.39. The Labute approximate surface area is 81.5 Å². The maximum atomic E-state index is 11.5. The molecule has 86 valence electrons. The zero-order chi connectivity index (χ0) is 12.1. The van der Waals surface area contributed by atoms with Crippen molar-refractivity contribution >= 4 is 17.8 Å². The molecule has 0 aliphatic carbocycles. The van der Waals surface area contributed by atoms with E-state index < -0.39 is 30.4 Å². The molecule has 2 amide bonds. The smallest absolute Gasteiger partial charge is 0.370 e. The highest BCUT2D eigenvalue weighted by Gasteiger charge is 2.41. The van der Waals surface area contributed by atoms with Crippen LogP contribution in [0.5, 0.6) is 0 Å². The molecule has 0 rings (SSSR count). The normalized spacial score (nSPS) is 10.6. The van der Waals surface area contributed by atoms with Gasteiger partial charge < -0.3 is 10.6 Å². The second-order valence-electron chi connectivity index (χ2n) is 2.38. The predicted molar refractivity (Wildman–Crippen MR) is 38.7 cm³/mol. The number of halogens is 3. The number of carbonyl (C=O) groups excluding carboxylic acids is 3. The molecule has 0 atom stereocenters. The van der Waals surface area contributed by atoms with Crippen LogP contribution in [0.2, 0.25) is 0 Å². The summed E-state index contributed by atoms with van der Waals surface area (Å²) in [6.07, 6.45) is -5.99. The summed E-state index contributed by atoms with van der Waals surface area (Å²) in [5.41, 5.74) is 5.89. The minimum Gasteiger partial charge on any atom is -0.370 e. The van der Waals surface area contributed by atoms with Crippen LogP contribution in [-0.4, -0.2) is 24.0 Å². The minimum absolute atomic E-state index is 0.352. The van der Waals surface area contributed by atoms with E-state index in [0.717, 1.165) is 0 Å². The lowest BCUT2D eigenvalue weighted by molar-refractivity contribution is -0.207. The van der Waals surface area contributed by atoms with Crippen molar-refractivity contribution in [2.45, 2.75) is 19.0 Å². The number of nitrogens with two attached hydrogens (primary N) is 1. The summed E-state index contributed by atoms with van der Waals surface area (Å²) >= 11 is 0. The monoisotopic (exact) mass is 228 g/mol. The van der Waals surface area contributed by atoms with E-state index in [9.17, 15) is 27.6 Å². The molecule has 0 bridgehead atoms. The van der Waals surface area contributed by atoms with Gasteiger partial charge in [0.15, 0.2) is 0 Å². The average molecular weight is 228 g/mol. The third kappa shape index (κ3) is 6.29. The Morgan fingerprint density at radius 1 is 1.20 bits per heavy atom. The van der Waals surface area contributed by atoms with Crippen LogP contribution >= 0.6 is 0 Å². The van der Waals surface area contributed by atoms with E-state index in [1.54, 1.807) is 0 Å². The Morgan fingerprint density at radius 2 is 1.73 bits per heavy atom. The van der Waals surface area contributed by atoms with Crippen LogP contribution in [-0.2, 0) is 19.2 Å². The summed E-state index contributed by atoms with van der Waals surface area (Å²) in [6.45, 7) is 0. The minimum atomic E-state index is -5.18. The van der Waals surface area contributed by atoms with Gasteiger partial charge in [0.2, 0.25) is 5.91 Å². The van der Waals surface area contributed by atoms with E-state index in [-0.39, 0.29) is 6.42 Å². The molecule has 0 radical (unpaired) electrons. The first-order chi connectivity index (χ1) is 6.73. The van der Waals surface area contributed by atoms with Crippen molar-refractivity contribution in [2.24, 2.45) is 5.73 Å². The van der Waals surface area contributed by atoms with Crippen molar-refractivity contribution in [1.82, 2.24) is 5.48 Å². The first kappa shape index (κ1) is 13.2. The lowest BCUT2D eigenvalue weighted by Gasteiger charge is -2.06. The number of primary amides is 1. The molecule has 9 heteroatoms. The third-order valence-electron chi connectivity index (χ3n) is 1.09. The Morgan fingerprint density at radius 3 is 2.13 bits per heavy atom. The van der Waals surface area contributed by atoms with E-state index in [2.05, 4.69) is 10.6 Å². The van der Waals surface area contributed by atoms with Gasteiger partial charge in [-0.25, -0.2) is 4.79 Å². The van der Waals surface area contributed by atoms with Crippen molar-refractivity contribution in [3.8, 4) is 0 Å². The Balaban J connectivity index is 3.82. The molecule has 0 spiro atoms. The number of rotatable bonds is 3. The zero-order valence-electron chi connectivity index (χ0n) is 7.26. The van der Waals surface area contributed by atoms with E-state index in [4.69, 9.17) is 0 Å². The summed E-state index contributed by atoms with van der Waals surface area (Å²) in [6, 6.07) is 0. The summed E-state index contributed by atoms with van der Waals surface area (Å²) in [4.78, 5) is 34.2. The van der Waals surface area contributed by atoms with Gasteiger partial charge in [-0.3, -0.25) is 9.59 Å². The first-order valence-corrected chi connectivity index (χ1v) is 3.58. The Hall–Kier alpha value is -1.80. The van der Waals surface area contributed by atoms with Crippen LogP contribution in [0.1, 0.15) is 12.8 Å². The SMILES string of the molecule is NC(=O)CCC(=O)NOC(=O)C(F)(F)F. The number of hydroxylamine groups is 1. The lowest BCUT2D eigenvalue weighted by atomic mass is 10.3. The molecular weight excluding hydrogens is 221 g/mol. The molecule has 0 aliphatic heterocycles. The van der Waals surface area contributed by atoms with E-state index in [1.165, 1.54) is 5.48 Å². The van der Waals surface area contributed by atoms with Crippen LogP contribution in [0.3, 0.4) is 0 Å². The number of hydrogen-bond acceptors (Lipinski definition) is 4. The number of amides is 2. The largest absolute Gasteiger partial charge is 0.493 e. The molecule has 15 heavy (non-hydrogen) atoms. The molecule has 0 saturated heterocycles. The topological polar surface area (TPSA) is 98.5 Å². The summed E-state index contributed by atoms with van der Waals surface area (Å²) in [5, 5.41) is 0. The van der Waals surface area contributed by atoms with Crippen LogP contribution in [0, 0.1) is 0 Å². The van der Waals surface area contributed by atoms with Gasteiger partial charge >= 0.3 is 12.1 Å². The molecule has 0 aliphatic rings. The van der Waals surface area contributed by atoms with Gasteiger partial charge in [0, 0.05) is 12.8 Å². The van der Waals surface area contributed by atoms with Crippen molar-refractivity contribution in [3.63, 3.8) is 0 Å². The molecule has 0 aromatic rings. The number of hydrogen-bond donors (Lipinski definition) is 2. The molecule has 0 fully saturated rings. The maximum Gasteiger partial charge on any atom is 0.493 e. The fraction of sp³-hybridized carbons (Fsp3) is 0.500. The molecule has 0 saturated carbocycles. The van der Waals surface area contributed by atoms with Gasteiger partial charge in [-0.05, 0) is 0 Å². The fourth-order valence-electron chi connectivity index (χ4n) is 0.449. The Bertz CT molecular complexity index is 276. The third-order valence-corrected chi connectivity index (χ3v) is 1.09. The highest BCUT2D eigenvalue weighted by Crippen LogP contribution is 2.15. The number of carbonyl (C=O) groups is 3. The molecular formula is C6H7F3N2O4. The molecule has 0 unspecified atom stereocenters. The van der Waals surface area contributed by atoms with Crippen molar-refractivity contribution in [1.29, 1.82) is 0 Å². The van der Waals surface area contributed by atoms with Gasteiger partial charge in [-0.2, -0.15) is 18.7 Å². The van der Waals surface area contributed by atoms with Gasteiger partial charge in [-0.1, -0.05) is 0 Å². The van der Waals surface area contributed by atoms with Crippen LogP contribution < -0.4 is 11.2 Å². The molecule has 0 aromatic carbocycles. The van der Waals surface area contributed by atoms with E-state index in [0.29, 0.717) is 0 Å². The van der Waals surface area contributed by atoms with Crippen LogP contribution in [0.25, 0.3) is 0 Å². The lowest BCUT2D eigenvalue weighted by Crippen LogP contribution is -2.34. The van der Waals surface area contributed by atoms with Crippen molar-refractivity contribution in [3.05, 3.63) is 0 Å². The second kappa shape index (κ2) is 5.17. The molecule has 0 heterocycles. The molecule has 0 aromatic heterocycles. The van der Waals surface area contributed by atoms with E-state index >= 15 is 0 Å². The molecule has 6 nitrogen and oxygen atoms in total. The quantitative estimate of drug-likeness (QED) is 0.629. The standard InChI is InChI=1S/C6H7F3N2O4/c7-6(8,9)5(14)15-11-4(13)2-1-3(10)12/h1-2H2,(H2,10,12)(H,11,13). The second-order valence-corrected chi connectivity index (χ2v) is 2.38. The number of nitrogens with one attached hydrogen (secondary N) is 1. The first-order valence-electron chi connectivity index (χ1n) is 3.58. The van der Waals surface area contributed by atoms with Crippen LogP contribution in [0.15, 0.2) is 0 Å².